The lowest BCUT2D eigenvalue weighted by Gasteiger charge is -2.07. The van der Waals surface area contributed by atoms with E-state index >= 15 is 0 Å². The first-order valence-corrected chi connectivity index (χ1v) is 9.10. The highest BCUT2D eigenvalue weighted by Crippen LogP contribution is 2.29. The van der Waals surface area contributed by atoms with E-state index in [-0.39, 0.29) is 11.2 Å². The number of thiazole rings is 1. The number of carbonyl (C=O) groups is 1. The highest BCUT2D eigenvalue weighted by atomic mass is 32.1. The number of hydrogen-bond donors (Lipinski definition) is 1. The van der Waals surface area contributed by atoms with Crippen LogP contribution in [0.2, 0.25) is 0 Å². The maximum absolute atomic E-state index is 13.9. The van der Waals surface area contributed by atoms with Crippen LogP contribution in [0.3, 0.4) is 0 Å². The fraction of sp³-hybridized carbons (Fsp3) is 0.263. The Bertz CT molecular complexity index is 1120. The van der Waals surface area contributed by atoms with E-state index in [4.69, 9.17) is 0 Å². The Morgan fingerprint density at radius 1 is 1.19 bits per heavy atom. The largest absolute Gasteiger partial charge is 0.319 e. The van der Waals surface area contributed by atoms with E-state index in [0.29, 0.717) is 26.8 Å². The molecule has 0 aliphatic carbocycles. The van der Waals surface area contributed by atoms with Crippen LogP contribution < -0.4 is 10.9 Å². The van der Waals surface area contributed by atoms with E-state index in [1.165, 1.54) is 10.7 Å². The number of rotatable bonds is 3. The van der Waals surface area contributed by atoms with Gasteiger partial charge < -0.3 is 5.32 Å². The van der Waals surface area contributed by atoms with Crippen LogP contribution in [0.25, 0.3) is 10.6 Å². The first-order chi connectivity index (χ1) is 12.7. The predicted octanol–water partition coefficient (Wildman–Crippen LogP) is 3.53. The van der Waals surface area contributed by atoms with Crippen LogP contribution in [0.4, 0.5) is 10.1 Å². The lowest BCUT2D eigenvalue weighted by Crippen LogP contribution is -2.23. The third kappa shape index (κ3) is 3.52. The van der Waals surface area contributed by atoms with Crippen molar-refractivity contribution in [3.8, 4) is 10.6 Å². The van der Waals surface area contributed by atoms with Gasteiger partial charge in [0.1, 0.15) is 15.7 Å². The molecule has 3 aromatic rings. The zero-order chi connectivity index (χ0) is 19.9. The molecule has 1 amide bonds. The van der Waals surface area contributed by atoms with Crippen LogP contribution in [0.1, 0.15) is 32.2 Å². The summed E-state index contributed by atoms with van der Waals surface area (Å²) in [5.41, 5.74) is 3.02. The summed E-state index contributed by atoms with van der Waals surface area (Å²) in [4.78, 5) is 29.9. The van der Waals surface area contributed by atoms with Gasteiger partial charge in [-0.2, -0.15) is 5.10 Å². The summed E-state index contributed by atoms with van der Waals surface area (Å²) >= 11 is 1.11. The molecule has 140 valence electrons. The molecule has 0 saturated carbocycles. The number of aryl methyl sites for hydroxylation is 4. The first kappa shape index (κ1) is 18.9. The van der Waals surface area contributed by atoms with Crippen molar-refractivity contribution in [2.75, 3.05) is 5.32 Å². The van der Waals surface area contributed by atoms with E-state index in [1.54, 1.807) is 33.0 Å². The maximum atomic E-state index is 13.9. The molecule has 3 rings (SSSR count). The quantitative estimate of drug-likeness (QED) is 0.747. The lowest BCUT2D eigenvalue weighted by atomic mass is 10.1. The van der Waals surface area contributed by atoms with Gasteiger partial charge in [0, 0.05) is 7.05 Å². The summed E-state index contributed by atoms with van der Waals surface area (Å²) in [7, 11) is 1.58. The fourth-order valence-electron chi connectivity index (χ4n) is 2.73. The number of hydrogen-bond acceptors (Lipinski definition) is 5. The third-order valence-electron chi connectivity index (χ3n) is 4.31. The summed E-state index contributed by atoms with van der Waals surface area (Å²) in [6, 6.07) is 4.50. The molecule has 0 saturated heterocycles. The Hall–Kier alpha value is -2.87. The number of nitrogens with one attached hydrogen (secondary N) is 1. The van der Waals surface area contributed by atoms with E-state index in [1.807, 2.05) is 13.8 Å². The van der Waals surface area contributed by atoms with Crippen molar-refractivity contribution in [3.05, 3.63) is 61.8 Å². The SMILES string of the molecule is Cc1ccc(F)c(NC(=O)c2sc(-c3c(C)c(C)nn(C)c3=O)nc2C)c1. The topological polar surface area (TPSA) is 76.9 Å². The molecule has 1 aromatic carbocycles. The molecule has 2 aromatic heterocycles. The van der Waals surface area contributed by atoms with Crippen molar-refractivity contribution >= 4 is 22.9 Å². The number of nitrogens with zero attached hydrogens (tertiary/aromatic N) is 3. The molecule has 2 heterocycles. The van der Waals surface area contributed by atoms with Gasteiger partial charge in [0.2, 0.25) is 0 Å². The second kappa shape index (κ2) is 7.03. The monoisotopic (exact) mass is 386 g/mol. The summed E-state index contributed by atoms with van der Waals surface area (Å²) in [5.74, 6) is -0.966. The highest BCUT2D eigenvalue weighted by Gasteiger charge is 2.21. The van der Waals surface area contributed by atoms with Crippen LogP contribution in [0.5, 0.6) is 0 Å². The molecule has 1 N–H and O–H groups in total. The normalized spacial score (nSPS) is 10.9. The fourth-order valence-corrected chi connectivity index (χ4v) is 3.78. The van der Waals surface area contributed by atoms with E-state index in [9.17, 15) is 14.0 Å². The van der Waals surface area contributed by atoms with E-state index < -0.39 is 11.7 Å². The minimum Gasteiger partial charge on any atom is -0.319 e. The molecule has 0 bridgehead atoms. The molecule has 8 heteroatoms. The van der Waals surface area contributed by atoms with Gasteiger partial charge in [-0.1, -0.05) is 6.07 Å². The van der Waals surface area contributed by atoms with Crippen LogP contribution in [0.15, 0.2) is 23.0 Å². The molecule has 0 spiro atoms. The van der Waals surface area contributed by atoms with Gasteiger partial charge >= 0.3 is 0 Å². The molecule has 0 aliphatic rings. The summed E-state index contributed by atoms with van der Waals surface area (Å²) in [6.45, 7) is 7.12. The van der Waals surface area contributed by atoms with Gasteiger partial charge in [-0.05, 0) is 51.0 Å². The summed E-state index contributed by atoms with van der Waals surface area (Å²) in [5, 5.41) is 7.19. The van der Waals surface area contributed by atoms with Crippen molar-refractivity contribution in [1.82, 2.24) is 14.8 Å². The molecule has 0 radical (unpaired) electrons. The van der Waals surface area contributed by atoms with Crippen molar-refractivity contribution in [3.63, 3.8) is 0 Å². The van der Waals surface area contributed by atoms with Gasteiger partial charge in [0.25, 0.3) is 11.5 Å². The number of benzene rings is 1. The second-order valence-electron chi connectivity index (χ2n) is 6.39. The van der Waals surface area contributed by atoms with Gasteiger partial charge in [0.15, 0.2) is 0 Å². The first-order valence-electron chi connectivity index (χ1n) is 8.29. The Morgan fingerprint density at radius 3 is 2.59 bits per heavy atom. The second-order valence-corrected chi connectivity index (χ2v) is 7.38. The van der Waals surface area contributed by atoms with E-state index in [2.05, 4.69) is 15.4 Å². The van der Waals surface area contributed by atoms with Crippen molar-refractivity contribution in [2.45, 2.75) is 27.7 Å². The zero-order valence-electron chi connectivity index (χ0n) is 15.7. The zero-order valence-corrected chi connectivity index (χ0v) is 16.5. The maximum Gasteiger partial charge on any atom is 0.277 e. The Kier molecular flexibility index (Phi) is 4.93. The number of halogens is 1. The third-order valence-corrected chi connectivity index (χ3v) is 5.49. The molecular weight excluding hydrogens is 367 g/mol. The summed E-state index contributed by atoms with van der Waals surface area (Å²) in [6.07, 6.45) is 0. The number of carbonyl (C=O) groups excluding carboxylic acids is 1. The Labute approximate surface area is 159 Å². The molecule has 0 unspecified atom stereocenters. The minimum atomic E-state index is -0.509. The molecule has 0 fully saturated rings. The van der Waals surface area contributed by atoms with Gasteiger partial charge in [-0.3, -0.25) is 9.59 Å². The van der Waals surface area contributed by atoms with Crippen molar-refractivity contribution in [2.24, 2.45) is 7.05 Å². The van der Waals surface area contributed by atoms with E-state index in [0.717, 1.165) is 22.5 Å². The Balaban J connectivity index is 2.02. The van der Waals surface area contributed by atoms with Gasteiger partial charge in [0.05, 0.1) is 22.6 Å². The molecule has 27 heavy (non-hydrogen) atoms. The van der Waals surface area contributed by atoms with Crippen molar-refractivity contribution < 1.29 is 9.18 Å². The number of anilines is 1. The lowest BCUT2D eigenvalue weighted by molar-refractivity contribution is 0.102. The minimum absolute atomic E-state index is 0.112. The Morgan fingerprint density at radius 2 is 1.89 bits per heavy atom. The standard InChI is InChI=1S/C19H19FN4O2S/c1-9-6-7-13(20)14(8-9)22-17(25)16-12(4)21-18(27-16)15-10(2)11(3)23-24(5)19(15)26/h6-8H,1-5H3,(H,22,25). The number of aromatic nitrogens is 3. The molecule has 6 nitrogen and oxygen atoms in total. The molecular formula is C19H19FN4O2S. The van der Waals surface area contributed by atoms with Crippen LogP contribution in [0, 0.1) is 33.5 Å². The summed E-state index contributed by atoms with van der Waals surface area (Å²) < 4.78 is 15.2. The molecule has 0 aliphatic heterocycles. The smallest absolute Gasteiger partial charge is 0.277 e. The van der Waals surface area contributed by atoms with Crippen LogP contribution >= 0.6 is 11.3 Å². The van der Waals surface area contributed by atoms with Crippen LogP contribution in [-0.2, 0) is 7.05 Å². The molecule has 0 atom stereocenters. The highest BCUT2D eigenvalue weighted by molar-refractivity contribution is 7.17. The predicted molar refractivity (Wildman–Crippen MR) is 104 cm³/mol. The van der Waals surface area contributed by atoms with Gasteiger partial charge in [-0.25, -0.2) is 14.1 Å². The van der Waals surface area contributed by atoms with Crippen LogP contribution in [-0.4, -0.2) is 20.7 Å². The van der Waals surface area contributed by atoms with Gasteiger partial charge in [-0.15, -0.1) is 11.3 Å². The number of amides is 1. The average Bonchev–Trinajstić information content (AvgIpc) is 2.98. The van der Waals surface area contributed by atoms with Crippen molar-refractivity contribution in [1.29, 1.82) is 0 Å². The average molecular weight is 386 g/mol.